The predicted molar refractivity (Wildman–Crippen MR) is 119 cm³/mol. The lowest BCUT2D eigenvalue weighted by molar-refractivity contribution is -0.136. The van der Waals surface area contributed by atoms with Crippen LogP contribution in [0.15, 0.2) is 52.2 Å². The standard InChI is InChI=1S/C23H28N4O2S/c1-15-9-8-10-16(2)26(15)22(28)18(4)30-23-25-24-21(20-13-14-29-17(20)3)27(23)19-11-6-5-7-12-19/h5-7,11-16,18H,8-10H2,1-4H3/t15-,16-,18-/m0/s1. The van der Waals surface area contributed by atoms with Crippen molar-refractivity contribution in [2.45, 2.75) is 69.4 Å². The molecule has 30 heavy (non-hydrogen) atoms. The van der Waals surface area contributed by atoms with Gasteiger partial charge in [-0.05, 0) is 65.2 Å². The van der Waals surface area contributed by atoms with Crippen molar-refractivity contribution in [3.8, 4) is 17.1 Å². The van der Waals surface area contributed by atoms with Crippen LogP contribution in [0.4, 0.5) is 0 Å². The zero-order chi connectivity index (χ0) is 21.3. The van der Waals surface area contributed by atoms with Crippen LogP contribution in [0.2, 0.25) is 0 Å². The molecule has 1 aromatic carbocycles. The van der Waals surface area contributed by atoms with Crippen molar-refractivity contribution >= 4 is 17.7 Å². The van der Waals surface area contributed by atoms with E-state index in [1.165, 1.54) is 18.2 Å². The van der Waals surface area contributed by atoms with Crippen LogP contribution in [0.5, 0.6) is 0 Å². The number of furan rings is 1. The molecule has 1 fully saturated rings. The fourth-order valence-corrected chi connectivity index (χ4v) is 5.15. The van der Waals surface area contributed by atoms with E-state index >= 15 is 0 Å². The van der Waals surface area contributed by atoms with E-state index in [-0.39, 0.29) is 23.2 Å². The Kier molecular flexibility index (Phi) is 5.99. The monoisotopic (exact) mass is 424 g/mol. The maximum atomic E-state index is 13.3. The van der Waals surface area contributed by atoms with Gasteiger partial charge in [0.1, 0.15) is 5.76 Å². The molecule has 0 radical (unpaired) electrons. The molecule has 4 rings (SSSR count). The summed E-state index contributed by atoms with van der Waals surface area (Å²) in [5, 5.41) is 9.37. The number of amides is 1. The molecule has 1 saturated heterocycles. The van der Waals surface area contributed by atoms with Gasteiger partial charge in [-0.25, -0.2) is 0 Å². The third-order valence-corrected chi connectivity index (χ3v) is 6.86. The maximum absolute atomic E-state index is 13.3. The molecular weight excluding hydrogens is 396 g/mol. The first-order valence-corrected chi connectivity index (χ1v) is 11.4. The van der Waals surface area contributed by atoms with Gasteiger partial charge in [0.2, 0.25) is 5.91 Å². The van der Waals surface area contributed by atoms with Gasteiger partial charge in [0.15, 0.2) is 11.0 Å². The average Bonchev–Trinajstić information content (AvgIpc) is 3.34. The Balaban J connectivity index is 1.67. The maximum Gasteiger partial charge on any atom is 0.236 e. The second-order valence-electron chi connectivity index (χ2n) is 8.00. The zero-order valence-electron chi connectivity index (χ0n) is 17.9. The number of hydrogen-bond donors (Lipinski definition) is 0. The molecule has 0 bridgehead atoms. The van der Waals surface area contributed by atoms with Gasteiger partial charge < -0.3 is 9.32 Å². The number of carbonyl (C=O) groups excluding carboxylic acids is 1. The molecule has 6 nitrogen and oxygen atoms in total. The van der Waals surface area contributed by atoms with Crippen molar-refractivity contribution in [2.24, 2.45) is 0 Å². The molecule has 0 spiro atoms. The van der Waals surface area contributed by atoms with E-state index < -0.39 is 0 Å². The van der Waals surface area contributed by atoms with E-state index in [1.807, 2.05) is 54.8 Å². The summed E-state index contributed by atoms with van der Waals surface area (Å²) in [5.74, 6) is 1.67. The number of hydrogen-bond acceptors (Lipinski definition) is 5. The molecule has 0 saturated carbocycles. The first kappa shape index (κ1) is 20.7. The fraction of sp³-hybridized carbons (Fsp3) is 0.435. The van der Waals surface area contributed by atoms with Crippen LogP contribution < -0.4 is 0 Å². The number of likely N-dealkylation sites (tertiary alicyclic amines) is 1. The van der Waals surface area contributed by atoms with E-state index in [2.05, 4.69) is 28.9 Å². The topological polar surface area (TPSA) is 64.2 Å². The zero-order valence-corrected chi connectivity index (χ0v) is 18.7. The van der Waals surface area contributed by atoms with E-state index in [0.717, 1.165) is 29.9 Å². The first-order valence-electron chi connectivity index (χ1n) is 10.5. The van der Waals surface area contributed by atoms with Gasteiger partial charge in [0, 0.05) is 17.8 Å². The summed E-state index contributed by atoms with van der Waals surface area (Å²) in [6.45, 7) is 8.18. The van der Waals surface area contributed by atoms with Crippen molar-refractivity contribution in [3.05, 3.63) is 48.4 Å². The van der Waals surface area contributed by atoms with E-state index in [1.54, 1.807) is 6.26 Å². The van der Waals surface area contributed by atoms with Crippen molar-refractivity contribution in [2.75, 3.05) is 0 Å². The minimum Gasteiger partial charge on any atom is -0.469 e. The number of benzene rings is 1. The van der Waals surface area contributed by atoms with Crippen molar-refractivity contribution < 1.29 is 9.21 Å². The molecule has 1 aliphatic heterocycles. The summed E-state index contributed by atoms with van der Waals surface area (Å²) in [7, 11) is 0. The van der Waals surface area contributed by atoms with Crippen LogP contribution in [0.25, 0.3) is 17.1 Å². The number of carbonyl (C=O) groups is 1. The summed E-state index contributed by atoms with van der Waals surface area (Å²) >= 11 is 1.46. The number of para-hydroxylation sites is 1. The van der Waals surface area contributed by atoms with Crippen LogP contribution in [-0.2, 0) is 4.79 Å². The largest absolute Gasteiger partial charge is 0.469 e. The van der Waals surface area contributed by atoms with Gasteiger partial charge in [-0.1, -0.05) is 30.0 Å². The predicted octanol–water partition coefficient (Wildman–Crippen LogP) is 5.11. The molecule has 3 atom stereocenters. The first-order chi connectivity index (χ1) is 14.5. The number of thioether (sulfide) groups is 1. The van der Waals surface area contributed by atoms with Gasteiger partial charge in [0.25, 0.3) is 0 Å². The molecule has 0 N–H and O–H groups in total. The normalized spacial score (nSPS) is 20.3. The van der Waals surface area contributed by atoms with Crippen molar-refractivity contribution in [1.29, 1.82) is 0 Å². The highest BCUT2D eigenvalue weighted by atomic mass is 32.2. The highest BCUT2D eigenvalue weighted by molar-refractivity contribution is 8.00. The number of piperidine rings is 1. The SMILES string of the molecule is Cc1occc1-c1nnc(S[C@@H](C)C(=O)N2[C@@H](C)CCC[C@@H]2C)n1-c1ccccc1. The van der Waals surface area contributed by atoms with Gasteiger partial charge in [0.05, 0.1) is 17.1 Å². The molecule has 158 valence electrons. The number of aryl methyl sites for hydroxylation is 1. The Morgan fingerprint density at radius 2 is 1.83 bits per heavy atom. The van der Waals surface area contributed by atoms with Gasteiger partial charge in [-0.2, -0.15) is 0 Å². The van der Waals surface area contributed by atoms with Crippen LogP contribution in [-0.4, -0.2) is 42.9 Å². The second kappa shape index (κ2) is 8.68. The highest BCUT2D eigenvalue weighted by Crippen LogP contribution is 2.33. The number of nitrogens with zero attached hydrogens (tertiary/aromatic N) is 4. The summed E-state index contributed by atoms with van der Waals surface area (Å²) in [6.07, 6.45) is 4.98. The van der Waals surface area contributed by atoms with Gasteiger partial charge in [-0.3, -0.25) is 9.36 Å². The van der Waals surface area contributed by atoms with Crippen LogP contribution in [0.3, 0.4) is 0 Å². The van der Waals surface area contributed by atoms with E-state index in [9.17, 15) is 4.79 Å². The summed E-state index contributed by atoms with van der Waals surface area (Å²) in [4.78, 5) is 15.4. The Labute approximate surface area is 181 Å². The smallest absolute Gasteiger partial charge is 0.236 e. The third-order valence-electron chi connectivity index (χ3n) is 5.83. The Morgan fingerprint density at radius 3 is 2.47 bits per heavy atom. The molecule has 0 unspecified atom stereocenters. The minimum absolute atomic E-state index is 0.170. The Hall–Kier alpha value is -2.54. The molecule has 7 heteroatoms. The fourth-order valence-electron chi connectivity index (χ4n) is 4.22. The van der Waals surface area contributed by atoms with Crippen LogP contribution >= 0.6 is 11.8 Å². The lowest BCUT2D eigenvalue weighted by Gasteiger charge is -2.40. The molecular formula is C23H28N4O2S. The van der Waals surface area contributed by atoms with Gasteiger partial charge >= 0.3 is 0 Å². The molecule has 2 aromatic heterocycles. The average molecular weight is 425 g/mol. The van der Waals surface area contributed by atoms with Crippen LogP contribution in [0, 0.1) is 6.92 Å². The third kappa shape index (κ3) is 3.90. The molecule has 1 amide bonds. The molecule has 1 aliphatic rings. The lowest BCUT2D eigenvalue weighted by atomic mass is 9.97. The Bertz CT molecular complexity index is 1000. The molecule has 3 aromatic rings. The molecule has 0 aliphatic carbocycles. The number of rotatable bonds is 5. The quantitative estimate of drug-likeness (QED) is 0.533. The van der Waals surface area contributed by atoms with Crippen molar-refractivity contribution in [1.82, 2.24) is 19.7 Å². The van der Waals surface area contributed by atoms with Gasteiger partial charge in [-0.15, -0.1) is 10.2 Å². The van der Waals surface area contributed by atoms with Crippen LogP contribution in [0.1, 0.15) is 45.8 Å². The highest BCUT2D eigenvalue weighted by Gasteiger charge is 2.33. The summed E-state index contributed by atoms with van der Waals surface area (Å²) < 4.78 is 7.50. The summed E-state index contributed by atoms with van der Waals surface area (Å²) in [6, 6.07) is 12.5. The van der Waals surface area contributed by atoms with Crippen molar-refractivity contribution in [3.63, 3.8) is 0 Å². The van der Waals surface area contributed by atoms with E-state index in [4.69, 9.17) is 4.42 Å². The minimum atomic E-state index is -0.252. The Morgan fingerprint density at radius 1 is 1.13 bits per heavy atom. The second-order valence-corrected chi connectivity index (χ2v) is 9.31. The molecule has 3 heterocycles. The number of aromatic nitrogens is 3. The van der Waals surface area contributed by atoms with E-state index in [0.29, 0.717) is 11.0 Å². The lowest BCUT2D eigenvalue weighted by Crippen LogP contribution is -2.50. The summed E-state index contributed by atoms with van der Waals surface area (Å²) in [5.41, 5.74) is 1.86.